The molecule has 1 aliphatic rings. The molecule has 0 fully saturated rings. The van der Waals surface area contributed by atoms with Crippen LogP contribution in [0.1, 0.15) is 24.5 Å². The molecule has 2 aromatic carbocycles. The summed E-state index contributed by atoms with van der Waals surface area (Å²) < 4.78 is 0. The van der Waals surface area contributed by atoms with Crippen LogP contribution in [0, 0.1) is 0 Å². The fourth-order valence-corrected chi connectivity index (χ4v) is 4.39. The molecule has 0 aliphatic carbocycles. The number of hydrogen-bond donors (Lipinski definition) is 2. The second kappa shape index (κ2) is 13.0. The van der Waals surface area contributed by atoms with Crippen molar-refractivity contribution in [3.63, 3.8) is 0 Å². The van der Waals surface area contributed by atoms with E-state index in [0.717, 1.165) is 49.4 Å². The molecule has 1 atom stereocenters. The number of rotatable bonds is 10. The zero-order valence-corrected chi connectivity index (χ0v) is 22.5. The third kappa shape index (κ3) is 7.48. The van der Waals surface area contributed by atoms with Gasteiger partial charge in [-0.1, -0.05) is 48.9 Å². The lowest BCUT2D eigenvalue weighted by Gasteiger charge is -2.23. The molecule has 9 heteroatoms. The Hall–Kier alpha value is -2.52. The molecule has 1 unspecified atom stereocenters. The molecule has 2 aromatic rings. The van der Waals surface area contributed by atoms with Gasteiger partial charge in [-0.15, -0.1) is 0 Å². The van der Waals surface area contributed by atoms with Gasteiger partial charge >= 0.3 is 0 Å². The Morgan fingerprint density at radius 3 is 2.57 bits per heavy atom. The molecule has 188 valence electrons. The Kier molecular flexibility index (Phi) is 10.0. The van der Waals surface area contributed by atoms with Gasteiger partial charge in [-0.2, -0.15) is 0 Å². The first kappa shape index (κ1) is 27.1. The highest BCUT2D eigenvalue weighted by molar-refractivity contribution is 7.80. The van der Waals surface area contributed by atoms with Crippen LogP contribution in [-0.2, 0) is 4.79 Å². The number of halogens is 1. The fourth-order valence-electron chi connectivity index (χ4n) is 4.01. The van der Waals surface area contributed by atoms with E-state index in [0.29, 0.717) is 22.4 Å². The molecule has 0 spiro atoms. The van der Waals surface area contributed by atoms with Crippen molar-refractivity contribution in [1.82, 2.24) is 20.4 Å². The number of fused-ring (bicyclic) bond motifs is 1. The van der Waals surface area contributed by atoms with E-state index in [1.54, 1.807) is 18.0 Å². The summed E-state index contributed by atoms with van der Waals surface area (Å²) in [4.78, 5) is 24.3. The molecule has 35 heavy (non-hydrogen) atoms. The summed E-state index contributed by atoms with van der Waals surface area (Å²) in [6.45, 7) is 6.80. The summed E-state index contributed by atoms with van der Waals surface area (Å²) in [5.41, 5.74) is 3.15. The number of hydrogen-bond acceptors (Lipinski definition) is 5. The van der Waals surface area contributed by atoms with Gasteiger partial charge < -0.3 is 25.3 Å². The van der Waals surface area contributed by atoms with Gasteiger partial charge in [-0.25, -0.2) is 4.99 Å². The number of anilines is 1. The molecule has 0 radical (unpaired) electrons. The molecule has 0 aromatic heterocycles. The summed E-state index contributed by atoms with van der Waals surface area (Å²) in [7, 11) is 5.93. The van der Waals surface area contributed by atoms with E-state index in [2.05, 4.69) is 41.5 Å². The van der Waals surface area contributed by atoms with Crippen molar-refractivity contribution in [1.29, 1.82) is 0 Å². The number of nitrogens with one attached hydrogen (secondary N) is 2. The van der Waals surface area contributed by atoms with E-state index in [9.17, 15) is 4.79 Å². The second-order valence-electron chi connectivity index (χ2n) is 8.80. The summed E-state index contributed by atoms with van der Waals surface area (Å²) >= 11 is 11.9. The van der Waals surface area contributed by atoms with Crippen molar-refractivity contribution >= 4 is 46.2 Å². The van der Waals surface area contributed by atoms with E-state index in [1.165, 1.54) is 0 Å². The van der Waals surface area contributed by atoms with Gasteiger partial charge in [-0.05, 0) is 70.6 Å². The minimum Gasteiger partial charge on any atom is -0.361 e. The minimum absolute atomic E-state index is 0.192. The van der Waals surface area contributed by atoms with Crippen molar-refractivity contribution in [2.24, 2.45) is 4.99 Å². The highest BCUT2D eigenvalue weighted by Gasteiger charge is 2.30. The van der Waals surface area contributed by atoms with Gasteiger partial charge in [0.1, 0.15) is 0 Å². The third-order valence-electron chi connectivity index (χ3n) is 5.95. The fraction of sp³-hybridized carbons (Fsp3) is 0.423. The molecular formula is C26H35ClN6OS. The van der Waals surface area contributed by atoms with Crippen molar-refractivity contribution < 1.29 is 4.79 Å². The first-order valence-corrected chi connectivity index (χ1v) is 12.7. The number of likely N-dealkylation sites (N-methyl/N-ethyl adjacent to an activating group) is 2. The van der Waals surface area contributed by atoms with Gasteiger partial charge in [0.25, 0.3) is 5.91 Å². The Morgan fingerprint density at radius 1 is 1.14 bits per heavy atom. The quantitative estimate of drug-likeness (QED) is 0.475. The number of carbonyl (C=O) groups excluding carboxylic acids is 1. The number of thiocarbonyl (C=S) groups is 1. The highest BCUT2D eigenvalue weighted by atomic mass is 35.5. The van der Waals surface area contributed by atoms with Crippen LogP contribution < -0.4 is 15.5 Å². The van der Waals surface area contributed by atoms with Gasteiger partial charge in [-0.3, -0.25) is 4.79 Å². The van der Waals surface area contributed by atoms with E-state index in [1.807, 2.05) is 42.5 Å². The predicted octanol–water partition coefficient (Wildman–Crippen LogP) is 3.22. The first-order chi connectivity index (χ1) is 16.8. The maximum absolute atomic E-state index is 13.3. The van der Waals surface area contributed by atoms with Crippen LogP contribution in [0.4, 0.5) is 5.69 Å². The molecule has 1 heterocycles. The molecule has 7 nitrogen and oxygen atoms in total. The smallest absolute Gasteiger partial charge is 0.272 e. The van der Waals surface area contributed by atoms with Gasteiger partial charge in [0.15, 0.2) is 5.11 Å². The average molecular weight is 515 g/mol. The summed E-state index contributed by atoms with van der Waals surface area (Å²) in [5, 5.41) is 7.35. The van der Waals surface area contributed by atoms with Crippen LogP contribution in [0.3, 0.4) is 0 Å². The standard InChI is InChI=1S/C26H35ClN6OS/c1-5-33(16-9-15-31(2)3)17-14-28-26(35)30-24-25(34)32(4)22-13-12-20(27)18-21(22)23(29-24)19-10-7-6-8-11-19/h6-8,10-13,18,24H,5,9,14-17H2,1-4H3,(H2,28,30,35). The lowest BCUT2D eigenvalue weighted by atomic mass is 10.0. The normalized spacial score (nSPS) is 15.6. The monoisotopic (exact) mass is 514 g/mol. The Labute approximate surface area is 219 Å². The molecule has 0 saturated carbocycles. The van der Waals surface area contributed by atoms with Crippen LogP contribution in [0.2, 0.25) is 5.02 Å². The zero-order chi connectivity index (χ0) is 25.4. The lowest BCUT2D eigenvalue weighted by Crippen LogP contribution is -2.50. The van der Waals surface area contributed by atoms with Crippen molar-refractivity contribution in [3.8, 4) is 0 Å². The predicted molar refractivity (Wildman–Crippen MR) is 150 cm³/mol. The number of aliphatic imine (C=N–C) groups is 1. The van der Waals surface area contributed by atoms with Gasteiger partial charge in [0.2, 0.25) is 6.17 Å². The SMILES string of the molecule is CCN(CCCN(C)C)CCNC(=S)NC1N=C(c2ccccc2)c2cc(Cl)ccc2N(C)C1=O. The Bertz CT molecular complexity index is 1050. The lowest BCUT2D eigenvalue weighted by molar-refractivity contribution is -0.119. The van der Waals surface area contributed by atoms with Crippen LogP contribution in [0.25, 0.3) is 0 Å². The van der Waals surface area contributed by atoms with Crippen molar-refractivity contribution in [2.75, 3.05) is 58.8 Å². The maximum Gasteiger partial charge on any atom is 0.272 e. The molecular weight excluding hydrogens is 480 g/mol. The summed E-state index contributed by atoms with van der Waals surface area (Å²) in [6.07, 6.45) is 0.261. The van der Waals surface area contributed by atoms with E-state index >= 15 is 0 Å². The highest BCUT2D eigenvalue weighted by Crippen LogP contribution is 2.29. The second-order valence-corrected chi connectivity index (χ2v) is 9.64. The number of benzene rings is 2. The van der Waals surface area contributed by atoms with Gasteiger partial charge in [0, 0.05) is 36.3 Å². The molecule has 0 bridgehead atoms. The van der Waals surface area contributed by atoms with Crippen molar-refractivity contribution in [3.05, 3.63) is 64.7 Å². The number of nitrogens with zero attached hydrogens (tertiary/aromatic N) is 4. The van der Waals surface area contributed by atoms with Crippen LogP contribution >= 0.6 is 23.8 Å². The van der Waals surface area contributed by atoms with Crippen LogP contribution in [0.15, 0.2) is 53.5 Å². The van der Waals surface area contributed by atoms with Crippen LogP contribution in [-0.4, -0.2) is 86.6 Å². The molecule has 3 rings (SSSR count). The molecule has 1 aliphatic heterocycles. The van der Waals surface area contributed by atoms with Crippen molar-refractivity contribution in [2.45, 2.75) is 19.5 Å². The Balaban J connectivity index is 1.72. The minimum atomic E-state index is -0.858. The number of benzodiazepines with no additional fused rings is 1. The maximum atomic E-state index is 13.3. The Morgan fingerprint density at radius 2 is 1.89 bits per heavy atom. The number of carbonyl (C=O) groups is 1. The largest absolute Gasteiger partial charge is 0.361 e. The zero-order valence-electron chi connectivity index (χ0n) is 20.9. The average Bonchev–Trinajstić information content (AvgIpc) is 2.93. The number of amides is 1. The summed E-state index contributed by atoms with van der Waals surface area (Å²) in [5.74, 6) is -0.192. The van der Waals surface area contributed by atoms with Crippen LogP contribution in [0.5, 0.6) is 0 Å². The molecule has 1 amide bonds. The third-order valence-corrected chi connectivity index (χ3v) is 6.45. The topological polar surface area (TPSA) is 63.2 Å². The molecule has 0 saturated heterocycles. The summed E-state index contributed by atoms with van der Waals surface area (Å²) in [6, 6.07) is 15.3. The first-order valence-electron chi connectivity index (χ1n) is 11.9. The molecule has 2 N–H and O–H groups in total. The van der Waals surface area contributed by atoms with E-state index < -0.39 is 6.17 Å². The van der Waals surface area contributed by atoms with E-state index in [4.69, 9.17) is 28.8 Å². The van der Waals surface area contributed by atoms with Gasteiger partial charge in [0.05, 0.1) is 11.4 Å². The van der Waals surface area contributed by atoms with E-state index in [-0.39, 0.29) is 5.91 Å².